The van der Waals surface area contributed by atoms with E-state index in [1.165, 1.54) is 12.3 Å². The number of hydrogen-bond donors (Lipinski definition) is 3. The lowest BCUT2D eigenvalue weighted by Crippen LogP contribution is -2.06. The number of hydrogen-bond acceptors (Lipinski definition) is 3. The summed E-state index contributed by atoms with van der Waals surface area (Å²) in [6.07, 6.45) is 1.64. The van der Waals surface area contributed by atoms with Crippen molar-refractivity contribution in [3.8, 4) is 5.75 Å². The van der Waals surface area contributed by atoms with Gasteiger partial charge < -0.3 is 16.2 Å². The molecular formula is C10H14N2O2. The van der Waals surface area contributed by atoms with Gasteiger partial charge in [0.2, 0.25) is 5.91 Å². The molecule has 0 bridgehead atoms. The fraction of sp³-hybridized carbons (Fsp3) is 0.200. The molecule has 1 rings (SSSR count). The van der Waals surface area contributed by atoms with Crippen LogP contribution in [0.4, 0.5) is 0 Å². The second kappa shape index (κ2) is 6.65. The van der Waals surface area contributed by atoms with Gasteiger partial charge in [0, 0.05) is 12.6 Å². The molecule has 4 N–H and O–H groups in total. The van der Waals surface area contributed by atoms with Crippen LogP contribution < -0.4 is 5.73 Å². The summed E-state index contributed by atoms with van der Waals surface area (Å²) in [6, 6.07) is 6.57. The summed E-state index contributed by atoms with van der Waals surface area (Å²) in [7, 11) is 0. The van der Waals surface area contributed by atoms with E-state index in [1.54, 1.807) is 25.1 Å². The quantitative estimate of drug-likeness (QED) is 0.619. The van der Waals surface area contributed by atoms with Gasteiger partial charge in [0.1, 0.15) is 5.75 Å². The van der Waals surface area contributed by atoms with Crippen LogP contribution in [0.1, 0.15) is 18.9 Å². The molecule has 0 spiro atoms. The molecule has 0 saturated carbocycles. The predicted molar refractivity (Wildman–Crippen MR) is 55.5 cm³/mol. The maximum Gasteiger partial charge on any atom is 0.217 e. The lowest BCUT2D eigenvalue weighted by Gasteiger charge is -1.90. The third-order valence-electron chi connectivity index (χ3n) is 1.39. The summed E-state index contributed by atoms with van der Waals surface area (Å²) in [5, 5.41) is 15.6. The molecule has 0 aliphatic heterocycles. The van der Waals surface area contributed by atoms with E-state index in [-0.39, 0.29) is 11.7 Å². The van der Waals surface area contributed by atoms with Crippen LogP contribution in [0.15, 0.2) is 24.3 Å². The molecule has 0 aliphatic carbocycles. The van der Waals surface area contributed by atoms with Crippen molar-refractivity contribution < 1.29 is 9.90 Å². The highest BCUT2D eigenvalue weighted by atomic mass is 16.3. The summed E-state index contributed by atoms with van der Waals surface area (Å²) in [6.45, 7) is 1.72. The van der Waals surface area contributed by atoms with Gasteiger partial charge in [-0.1, -0.05) is 19.1 Å². The van der Waals surface area contributed by atoms with Crippen LogP contribution in [-0.2, 0) is 4.79 Å². The number of nitrogens with one attached hydrogen (secondary N) is 1. The summed E-state index contributed by atoms with van der Waals surface area (Å²) >= 11 is 0. The van der Waals surface area contributed by atoms with Crippen molar-refractivity contribution in [2.75, 3.05) is 0 Å². The van der Waals surface area contributed by atoms with Gasteiger partial charge in [-0.3, -0.25) is 4.79 Å². The van der Waals surface area contributed by atoms with Gasteiger partial charge in [0.25, 0.3) is 0 Å². The highest BCUT2D eigenvalue weighted by Crippen LogP contribution is 2.07. The number of benzene rings is 1. The Labute approximate surface area is 82.9 Å². The molecule has 1 amide bonds. The van der Waals surface area contributed by atoms with Gasteiger partial charge >= 0.3 is 0 Å². The van der Waals surface area contributed by atoms with Gasteiger partial charge in [-0.05, 0) is 17.7 Å². The first-order chi connectivity index (χ1) is 6.60. The first kappa shape index (κ1) is 12.2. The van der Waals surface area contributed by atoms with Crippen molar-refractivity contribution in [1.29, 1.82) is 5.41 Å². The highest BCUT2D eigenvalue weighted by molar-refractivity contribution is 5.77. The molecule has 0 saturated heterocycles. The zero-order valence-electron chi connectivity index (χ0n) is 8.03. The number of phenols is 1. The Balaban J connectivity index is 0.000000292. The minimum atomic E-state index is -0.245. The number of carbonyl (C=O) groups is 1. The zero-order valence-corrected chi connectivity index (χ0v) is 8.03. The van der Waals surface area contributed by atoms with Crippen molar-refractivity contribution in [2.45, 2.75) is 13.3 Å². The summed E-state index contributed by atoms with van der Waals surface area (Å²) in [5.41, 5.74) is 5.37. The molecule has 4 heteroatoms. The number of rotatable bonds is 2. The number of carbonyl (C=O) groups excluding carboxylic acids is 1. The smallest absolute Gasteiger partial charge is 0.217 e. The Bertz CT molecular complexity index is 311. The van der Waals surface area contributed by atoms with Gasteiger partial charge in [-0.15, -0.1) is 0 Å². The molecule has 76 valence electrons. The number of primary amides is 1. The minimum absolute atomic E-state index is 0.205. The van der Waals surface area contributed by atoms with E-state index in [4.69, 9.17) is 10.5 Å². The summed E-state index contributed by atoms with van der Waals surface area (Å²) in [5.74, 6) is -0.0407. The maximum atomic E-state index is 9.59. The van der Waals surface area contributed by atoms with Crippen LogP contribution in [-0.4, -0.2) is 17.2 Å². The van der Waals surface area contributed by atoms with Crippen LogP contribution in [0.25, 0.3) is 0 Å². The van der Waals surface area contributed by atoms with E-state index in [9.17, 15) is 4.79 Å². The van der Waals surface area contributed by atoms with E-state index >= 15 is 0 Å². The van der Waals surface area contributed by atoms with Crippen LogP contribution >= 0.6 is 0 Å². The molecular weight excluding hydrogens is 180 g/mol. The van der Waals surface area contributed by atoms with E-state index in [0.29, 0.717) is 6.42 Å². The molecule has 14 heavy (non-hydrogen) atoms. The molecule has 4 nitrogen and oxygen atoms in total. The summed E-state index contributed by atoms with van der Waals surface area (Å²) < 4.78 is 0. The third kappa shape index (κ3) is 5.77. The number of aromatic hydroxyl groups is 1. The van der Waals surface area contributed by atoms with Crippen molar-refractivity contribution in [2.24, 2.45) is 5.73 Å². The van der Waals surface area contributed by atoms with Crippen LogP contribution in [0.2, 0.25) is 0 Å². The van der Waals surface area contributed by atoms with Gasteiger partial charge in [0.05, 0.1) is 0 Å². The zero-order chi connectivity index (χ0) is 11.0. The molecule has 0 atom stereocenters. The molecule has 0 aromatic heterocycles. The van der Waals surface area contributed by atoms with Crippen LogP contribution in [0.3, 0.4) is 0 Å². The first-order valence-corrected chi connectivity index (χ1v) is 4.18. The molecule has 1 aromatic carbocycles. The number of nitrogens with two attached hydrogens (primary N) is 1. The number of phenolic OH excluding ortho intramolecular Hbond substituents is 1. The lowest BCUT2D eigenvalue weighted by atomic mass is 10.2. The number of amides is 1. The molecule has 0 fully saturated rings. The van der Waals surface area contributed by atoms with E-state index in [2.05, 4.69) is 5.73 Å². The van der Waals surface area contributed by atoms with Gasteiger partial charge in [-0.25, -0.2) is 0 Å². The monoisotopic (exact) mass is 194 g/mol. The topological polar surface area (TPSA) is 87.2 Å². The molecule has 0 radical (unpaired) electrons. The van der Waals surface area contributed by atoms with Crippen molar-refractivity contribution in [1.82, 2.24) is 0 Å². The van der Waals surface area contributed by atoms with Crippen molar-refractivity contribution in [3.63, 3.8) is 0 Å². The molecule has 0 heterocycles. The fourth-order valence-electron chi connectivity index (χ4n) is 0.615. The van der Waals surface area contributed by atoms with Crippen molar-refractivity contribution >= 4 is 12.1 Å². The van der Waals surface area contributed by atoms with Crippen LogP contribution in [0.5, 0.6) is 5.75 Å². The maximum absolute atomic E-state index is 9.59. The lowest BCUT2D eigenvalue weighted by molar-refractivity contribution is -0.117. The standard InChI is InChI=1S/C7H7NO.C3H7NO/c8-5-6-2-1-3-7(9)4-6;1-2-3(4)5/h1-5,8-9H;2H2,1H3,(H2,4,5). The first-order valence-electron chi connectivity index (χ1n) is 4.18. The van der Waals surface area contributed by atoms with E-state index in [1.807, 2.05) is 0 Å². The average Bonchev–Trinajstić information content (AvgIpc) is 2.18. The fourth-order valence-corrected chi connectivity index (χ4v) is 0.615. The Kier molecular flexibility index (Phi) is 5.78. The average molecular weight is 194 g/mol. The summed E-state index contributed by atoms with van der Waals surface area (Å²) in [4.78, 5) is 9.59. The molecule has 1 aromatic rings. The van der Waals surface area contributed by atoms with Crippen molar-refractivity contribution in [3.05, 3.63) is 29.8 Å². The van der Waals surface area contributed by atoms with E-state index < -0.39 is 0 Å². The normalized spacial score (nSPS) is 8.36. The predicted octanol–water partition coefficient (Wildman–Crippen LogP) is 1.27. The Morgan fingerprint density at radius 3 is 2.50 bits per heavy atom. The second-order valence-electron chi connectivity index (χ2n) is 2.56. The minimum Gasteiger partial charge on any atom is -0.508 e. The Hall–Kier alpha value is -1.84. The third-order valence-corrected chi connectivity index (χ3v) is 1.39. The van der Waals surface area contributed by atoms with Gasteiger partial charge in [0.15, 0.2) is 0 Å². The van der Waals surface area contributed by atoms with Gasteiger partial charge in [-0.2, -0.15) is 0 Å². The molecule has 0 aliphatic rings. The largest absolute Gasteiger partial charge is 0.508 e. The SMILES string of the molecule is CCC(N)=O.N=Cc1cccc(O)c1. The van der Waals surface area contributed by atoms with E-state index in [0.717, 1.165) is 5.56 Å². The Morgan fingerprint density at radius 2 is 2.21 bits per heavy atom. The molecule has 0 unspecified atom stereocenters. The Morgan fingerprint density at radius 1 is 1.64 bits per heavy atom. The highest BCUT2D eigenvalue weighted by Gasteiger charge is 1.86. The second-order valence-corrected chi connectivity index (χ2v) is 2.56. The van der Waals surface area contributed by atoms with Crippen LogP contribution in [0, 0.1) is 5.41 Å².